The smallest absolute Gasteiger partial charge is 0.380 e. The molecular weight excluding hydrogens is 355 g/mol. The second-order valence-corrected chi connectivity index (χ2v) is 6.00. The molecule has 0 unspecified atom stereocenters. The predicted octanol–water partition coefficient (Wildman–Crippen LogP) is 4.11. The van der Waals surface area contributed by atoms with E-state index in [1.54, 1.807) is 7.11 Å². The molecule has 7 heteroatoms. The highest BCUT2D eigenvalue weighted by atomic mass is 19.4. The minimum absolute atomic E-state index is 0.383. The highest BCUT2D eigenvalue weighted by Gasteiger charge is 2.29. The van der Waals surface area contributed by atoms with E-state index in [4.69, 9.17) is 4.74 Å². The van der Waals surface area contributed by atoms with Crippen molar-refractivity contribution in [3.63, 3.8) is 0 Å². The second-order valence-electron chi connectivity index (χ2n) is 6.00. The van der Waals surface area contributed by atoms with Gasteiger partial charge < -0.3 is 15.4 Å². The summed E-state index contributed by atoms with van der Waals surface area (Å²) in [7, 11) is 1.65. The van der Waals surface area contributed by atoms with Crippen LogP contribution in [0.5, 0.6) is 0 Å². The summed E-state index contributed by atoms with van der Waals surface area (Å²) in [5.41, 5.74) is 2.22. The van der Waals surface area contributed by atoms with Crippen molar-refractivity contribution in [2.45, 2.75) is 32.8 Å². The molecule has 0 aromatic heterocycles. The molecule has 0 aliphatic rings. The van der Waals surface area contributed by atoms with Crippen molar-refractivity contribution in [2.24, 2.45) is 4.99 Å². The quantitative estimate of drug-likeness (QED) is 0.562. The normalized spacial score (nSPS) is 12.1. The van der Waals surface area contributed by atoms with Gasteiger partial charge >= 0.3 is 6.18 Å². The summed E-state index contributed by atoms with van der Waals surface area (Å²) in [6, 6.07) is 13.1. The molecule has 2 aromatic carbocycles. The molecule has 0 aliphatic heterocycles. The van der Waals surface area contributed by atoms with Gasteiger partial charge in [-0.1, -0.05) is 36.4 Å². The Kier molecular flexibility index (Phi) is 7.67. The van der Waals surface area contributed by atoms with Crippen LogP contribution in [0.1, 0.15) is 29.2 Å². The molecule has 0 amide bonds. The SMILES string of the molecule is CCNC(=NCc1cccc(COC)c1)NCc1ccc(C(F)(F)F)cc1. The molecule has 27 heavy (non-hydrogen) atoms. The number of guanidine groups is 1. The van der Waals surface area contributed by atoms with Crippen LogP contribution in [0.2, 0.25) is 0 Å². The van der Waals surface area contributed by atoms with Crippen LogP contribution in [0.15, 0.2) is 53.5 Å². The lowest BCUT2D eigenvalue weighted by molar-refractivity contribution is -0.137. The Balaban J connectivity index is 1.98. The van der Waals surface area contributed by atoms with Gasteiger partial charge in [-0.05, 0) is 35.7 Å². The first-order valence-corrected chi connectivity index (χ1v) is 8.67. The topological polar surface area (TPSA) is 45.7 Å². The van der Waals surface area contributed by atoms with Gasteiger partial charge in [0.2, 0.25) is 0 Å². The molecule has 0 aliphatic carbocycles. The molecular formula is C20H24F3N3O. The number of hydrogen-bond acceptors (Lipinski definition) is 2. The highest BCUT2D eigenvalue weighted by Crippen LogP contribution is 2.29. The fourth-order valence-corrected chi connectivity index (χ4v) is 2.49. The molecule has 0 saturated carbocycles. The van der Waals surface area contributed by atoms with Gasteiger partial charge in [0.25, 0.3) is 0 Å². The number of rotatable bonds is 7. The molecule has 0 radical (unpaired) electrons. The molecule has 2 N–H and O–H groups in total. The standard InChI is InChI=1S/C20H24F3N3O/c1-3-24-19(26-13-16-5-4-6-17(11-16)14-27-2)25-12-15-7-9-18(10-8-15)20(21,22)23/h4-11H,3,12-14H2,1-2H3,(H2,24,25,26). The zero-order chi connectivity index (χ0) is 19.7. The van der Waals surface area contributed by atoms with Crippen LogP contribution in [0.25, 0.3) is 0 Å². The van der Waals surface area contributed by atoms with Crippen LogP contribution in [0, 0.1) is 0 Å². The largest absolute Gasteiger partial charge is 0.416 e. The van der Waals surface area contributed by atoms with Gasteiger partial charge in [0.15, 0.2) is 5.96 Å². The third-order valence-corrected chi connectivity index (χ3v) is 3.81. The van der Waals surface area contributed by atoms with Crippen molar-refractivity contribution in [2.75, 3.05) is 13.7 Å². The first-order valence-electron chi connectivity index (χ1n) is 8.67. The average molecular weight is 379 g/mol. The fourth-order valence-electron chi connectivity index (χ4n) is 2.49. The molecule has 4 nitrogen and oxygen atoms in total. The average Bonchev–Trinajstić information content (AvgIpc) is 2.64. The molecule has 2 rings (SSSR count). The minimum atomic E-state index is -4.32. The molecule has 2 aromatic rings. The first-order chi connectivity index (χ1) is 12.9. The van der Waals surface area contributed by atoms with Gasteiger partial charge in [0.1, 0.15) is 0 Å². The molecule has 0 heterocycles. The Morgan fingerprint density at radius 3 is 2.33 bits per heavy atom. The molecule has 0 spiro atoms. The number of halogens is 3. The summed E-state index contributed by atoms with van der Waals surface area (Å²) < 4.78 is 43.0. The summed E-state index contributed by atoms with van der Waals surface area (Å²) in [6.07, 6.45) is -4.32. The van der Waals surface area contributed by atoms with Gasteiger partial charge in [-0.2, -0.15) is 13.2 Å². The van der Waals surface area contributed by atoms with Crippen molar-refractivity contribution >= 4 is 5.96 Å². The molecule has 0 fully saturated rings. The zero-order valence-electron chi connectivity index (χ0n) is 15.4. The van der Waals surface area contributed by atoms with Gasteiger partial charge in [-0.25, -0.2) is 4.99 Å². The van der Waals surface area contributed by atoms with Crippen LogP contribution >= 0.6 is 0 Å². The van der Waals surface area contributed by atoms with Crippen molar-refractivity contribution in [3.8, 4) is 0 Å². The molecule has 0 saturated heterocycles. The number of hydrogen-bond donors (Lipinski definition) is 2. The fraction of sp³-hybridized carbons (Fsp3) is 0.350. The van der Waals surface area contributed by atoms with E-state index in [0.29, 0.717) is 32.2 Å². The maximum Gasteiger partial charge on any atom is 0.416 e. The van der Waals surface area contributed by atoms with Crippen molar-refractivity contribution in [3.05, 3.63) is 70.8 Å². The number of benzene rings is 2. The Bertz CT molecular complexity index is 743. The highest BCUT2D eigenvalue weighted by molar-refractivity contribution is 5.79. The third kappa shape index (κ3) is 6.94. The van der Waals surface area contributed by atoms with E-state index in [0.717, 1.165) is 28.8 Å². The minimum Gasteiger partial charge on any atom is -0.380 e. The van der Waals surface area contributed by atoms with Crippen LogP contribution < -0.4 is 10.6 Å². The van der Waals surface area contributed by atoms with Crippen molar-refractivity contribution in [1.29, 1.82) is 0 Å². The van der Waals surface area contributed by atoms with E-state index in [2.05, 4.69) is 15.6 Å². The van der Waals surface area contributed by atoms with Crippen molar-refractivity contribution < 1.29 is 17.9 Å². The van der Waals surface area contributed by atoms with Crippen LogP contribution in [-0.2, 0) is 30.6 Å². The summed E-state index contributed by atoms with van der Waals surface area (Å²) >= 11 is 0. The first kappa shape index (κ1) is 20.8. The van der Waals surface area contributed by atoms with E-state index >= 15 is 0 Å². The van der Waals surface area contributed by atoms with Crippen molar-refractivity contribution in [1.82, 2.24) is 10.6 Å². The lowest BCUT2D eigenvalue weighted by Crippen LogP contribution is -2.36. The Hall–Kier alpha value is -2.54. The van der Waals surface area contributed by atoms with Crippen LogP contribution in [0.3, 0.4) is 0 Å². The third-order valence-electron chi connectivity index (χ3n) is 3.81. The Labute approximate surface area is 157 Å². The zero-order valence-corrected chi connectivity index (χ0v) is 15.4. The number of nitrogens with one attached hydrogen (secondary N) is 2. The molecule has 0 bridgehead atoms. The number of nitrogens with zero attached hydrogens (tertiary/aromatic N) is 1. The maximum atomic E-state index is 12.6. The molecule has 0 atom stereocenters. The lowest BCUT2D eigenvalue weighted by Gasteiger charge is -2.12. The monoisotopic (exact) mass is 379 g/mol. The van der Waals surface area contributed by atoms with Gasteiger partial charge in [0.05, 0.1) is 18.7 Å². The molecule has 146 valence electrons. The van der Waals surface area contributed by atoms with E-state index in [1.807, 2.05) is 31.2 Å². The summed E-state index contributed by atoms with van der Waals surface area (Å²) in [4.78, 5) is 4.53. The van der Waals surface area contributed by atoms with Crippen LogP contribution in [-0.4, -0.2) is 19.6 Å². The van der Waals surface area contributed by atoms with Gasteiger partial charge in [0, 0.05) is 20.2 Å². The predicted molar refractivity (Wildman–Crippen MR) is 100 cm³/mol. The van der Waals surface area contributed by atoms with Crippen LogP contribution in [0.4, 0.5) is 13.2 Å². The number of ether oxygens (including phenoxy) is 1. The Morgan fingerprint density at radius 2 is 1.70 bits per heavy atom. The summed E-state index contributed by atoms with van der Waals surface area (Å²) in [6.45, 7) is 4.05. The van der Waals surface area contributed by atoms with E-state index in [9.17, 15) is 13.2 Å². The van der Waals surface area contributed by atoms with E-state index in [1.165, 1.54) is 12.1 Å². The maximum absolute atomic E-state index is 12.6. The summed E-state index contributed by atoms with van der Waals surface area (Å²) in [5, 5.41) is 6.27. The Morgan fingerprint density at radius 1 is 1.00 bits per heavy atom. The second kappa shape index (κ2) is 9.97. The van der Waals surface area contributed by atoms with Gasteiger partial charge in [-0.15, -0.1) is 0 Å². The summed E-state index contributed by atoms with van der Waals surface area (Å²) in [5.74, 6) is 0.606. The van der Waals surface area contributed by atoms with E-state index < -0.39 is 11.7 Å². The number of aliphatic imine (C=N–C) groups is 1. The number of methoxy groups -OCH3 is 1. The van der Waals surface area contributed by atoms with E-state index in [-0.39, 0.29) is 0 Å². The lowest BCUT2D eigenvalue weighted by atomic mass is 10.1. The number of alkyl halides is 3. The van der Waals surface area contributed by atoms with Gasteiger partial charge in [-0.3, -0.25) is 0 Å².